The number of aryl methyl sites for hydroxylation is 1. The van der Waals surface area contributed by atoms with Crippen molar-refractivity contribution in [2.45, 2.75) is 13.3 Å². The average Bonchev–Trinajstić information content (AvgIpc) is 2.68. The summed E-state index contributed by atoms with van der Waals surface area (Å²) in [6, 6.07) is 17.5. The van der Waals surface area contributed by atoms with Crippen LogP contribution in [0.4, 0.5) is 11.4 Å². The largest absolute Gasteiger partial charge is 0.455 e. The fourth-order valence-electron chi connectivity index (χ4n) is 2.84. The van der Waals surface area contributed by atoms with Crippen LogP contribution in [0.15, 0.2) is 60.7 Å². The minimum Gasteiger partial charge on any atom is -0.455 e. The molecule has 7 nitrogen and oxygen atoms in total. The van der Waals surface area contributed by atoms with Gasteiger partial charge in [-0.3, -0.25) is 19.7 Å². The zero-order valence-corrected chi connectivity index (χ0v) is 15.2. The number of carbonyl (C=O) groups excluding carboxylic acids is 2. The monoisotopic (exact) mass is 378 g/mol. The number of esters is 1. The average molecular weight is 378 g/mol. The van der Waals surface area contributed by atoms with Crippen LogP contribution in [0.2, 0.25) is 0 Å². The van der Waals surface area contributed by atoms with Crippen molar-refractivity contribution in [1.29, 1.82) is 0 Å². The lowest BCUT2D eigenvalue weighted by atomic mass is 10.0. The number of nitro benzene ring substituents is 1. The third-order valence-electron chi connectivity index (χ3n) is 4.29. The number of hydrogen-bond donors (Lipinski definition) is 1. The molecule has 0 saturated heterocycles. The van der Waals surface area contributed by atoms with Gasteiger partial charge in [-0.05, 0) is 28.8 Å². The molecule has 0 aliphatic heterocycles. The van der Waals surface area contributed by atoms with Gasteiger partial charge in [-0.1, -0.05) is 48.5 Å². The van der Waals surface area contributed by atoms with Gasteiger partial charge in [0.05, 0.1) is 17.0 Å². The Balaban J connectivity index is 1.59. The number of benzene rings is 3. The Kier molecular flexibility index (Phi) is 5.64. The number of hydrogen-bond acceptors (Lipinski definition) is 5. The fourth-order valence-corrected chi connectivity index (χ4v) is 2.84. The molecule has 1 amide bonds. The zero-order chi connectivity index (χ0) is 20.1. The quantitative estimate of drug-likeness (QED) is 0.400. The van der Waals surface area contributed by atoms with Gasteiger partial charge in [0.15, 0.2) is 6.61 Å². The van der Waals surface area contributed by atoms with Crippen LogP contribution < -0.4 is 5.32 Å². The first-order valence-corrected chi connectivity index (χ1v) is 8.61. The van der Waals surface area contributed by atoms with Crippen LogP contribution in [0.25, 0.3) is 10.8 Å². The van der Waals surface area contributed by atoms with Gasteiger partial charge >= 0.3 is 5.97 Å². The highest BCUT2D eigenvalue weighted by Crippen LogP contribution is 2.22. The molecule has 0 unspecified atom stereocenters. The summed E-state index contributed by atoms with van der Waals surface area (Å²) in [5.41, 5.74) is 1.66. The molecule has 0 saturated carbocycles. The van der Waals surface area contributed by atoms with Gasteiger partial charge in [-0.15, -0.1) is 0 Å². The number of fused-ring (bicyclic) bond motifs is 1. The molecule has 0 heterocycles. The summed E-state index contributed by atoms with van der Waals surface area (Å²) in [6.45, 7) is 1.25. The van der Waals surface area contributed by atoms with E-state index in [0.29, 0.717) is 11.3 Å². The van der Waals surface area contributed by atoms with E-state index in [9.17, 15) is 19.7 Å². The van der Waals surface area contributed by atoms with Crippen molar-refractivity contribution in [2.24, 2.45) is 0 Å². The maximum atomic E-state index is 12.1. The number of rotatable bonds is 6. The van der Waals surface area contributed by atoms with E-state index in [2.05, 4.69) is 5.32 Å². The summed E-state index contributed by atoms with van der Waals surface area (Å²) in [7, 11) is 0. The maximum Gasteiger partial charge on any atom is 0.310 e. The number of amides is 1. The van der Waals surface area contributed by atoms with E-state index in [1.807, 2.05) is 42.5 Å². The van der Waals surface area contributed by atoms with E-state index in [4.69, 9.17) is 4.74 Å². The highest BCUT2D eigenvalue weighted by Gasteiger charge is 2.13. The van der Waals surface area contributed by atoms with E-state index in [1.165, 1.54) is 12.1 Å². The first-order valence-electron chi connectivity index (χ1n) is 8.61. The molecule has 142 valence electrons. The van der Waals surface area contributed by atoms with Crippen LogP contribution in [0.1, 0.15) is 11.1 Å². The third-order valence-corrected chi connectivity index (χ3v) is 4.29. The van der Waals surface area contributed by atoms with Gasteiger partial charge < -0.3 is 10.1 Å². The van der Waals surface area contributed by atoms with Crippen molar-refractivity contribution in [1.82, 2.24) is 0 Å². The molecule has 0 bridgehead atoms. The van der Waals surface area contributed by atoms with E-state index < -0.39 is 23.4 Å². The molecule has 1 N–H and O–H groups in total. The number of nitro groups is 1. The summed E-state index contributed by atoms with van der Waals surface area (Å²) in [5, 5.41) is 15.4. The molecule has 0 aliphatic rings. The molecule has 0 spiro atoms. The maximum absolute atomic E-state index is 12.1. The third kappa shape index (κ3) is 4.50. The van der Waals surface area contributed by atoms with Gasteiger partial charge in [-0.25, -0.2) is 0 Å². The molecule has 0 aliphatic carbocycles. The number of anilines is 1. The number of carbonyl (C=O) groups is 2. The van der Waals surface area contributed by atoms with E-state index in [-0.39, 0.29) is 12.1 Å². The van der Waals surface area contributed by atoms with Crippen LogP contribution in [-0.4, -0.2) is 23.4 Å². The minimum atomic E-state index is -0.560. The molecule has 7 heteroatoms. The van der Waals surface area contributed by atoms with Crippen molar-refractivity contribution in [2.75, 3.05) is 11.9 Å². The lowest BCUT2D eigenvalue weighted by Gasteiger charge is -2.10. The first-order chi connectivity index (χ1) is 13.4. The zero-order valence-electron chi connectivity index (χ0n) is 15.2. The van der Waals surface area contributed by atoms with Crippen molar-refractivity contribution < 1.29 is 19.2 Å². The van der Waals surface area contributed by atoms with Gasteiger partial charge in [0.1, 0.15) is 0 Å². The van der Waals surface area contributed by atoms with Crippen LogP contribution in [0.5, 0.6) is 0 Å². The molecule has 3 aromatic carbocycles. The van der Waals surface area contributed by atoms with Gasteiger partial charge in [0, 0.05) is 12.1 Å². The van der Waals surface area contributed by atoms with Crippen LogP contribution in [0, 0.1) is 17.0 Å². The number of ether oxygens (including phenoxy) is 1. The summed E-state index contributed by atoms with van der Waals surface area (Å²) >= 11 is 0. The molecule has 3 rings (SSSR count). The predicted octanol–water partition coefficient (Wildman–Crippen LogP) is 3.78. The van der Waals surface area contributed by atoms with Crippen LogP contribution in [0.3, 0.4) is 0 Å². The molecule has 0 atom stereocenters. The first kappa shape index (κ1) is 19.0. The Labute approximate surface area is 161 Å². The second kappa shape index (κ2) is 8.30. The summed E-state index contributed by atoms with van der Waals surface area (Å²) in [6.07, 6.45) is 0.0461. The Morgan fingerprint density at radius 3 is 2.61 bits per heavy atom. The Hall–Kier alpha value is -3.74. The summed E-state index contributed by atoms with van der Waals surface area (Å²) in [4.78, 5) is 34.5. The topological polar surface area (TPSA) is 98.5 Å². The van der Waals surface area contributed by atoms with Gasteiger partial charge in [-0.2, -0.15) is 0 Å². The van der Waals surface area contributed by atoms with Gasteiger partial charge in [0.2, 0.25) is 0 Å². The molecule has 0 fully saturated rings. The Bertz CT molecular complexity index is 1060. The SMILES string of the molecule is Cc1ccc([N+](=O)[O-])cc1NC(=O)COC(=O)Cc1cccc2ccccc12. The van der Waals surface area contributed by atoms with Crippen LogP contribution in [-0.2, 0) is 20.7 Å². The van der Waals surface area contributed by atoms with Crippen molar-refractivity contribution in [3.05, 3.63) is 81.9 Å². The second-order valence-electron chi connectivity index (χ2n) is 6.28. The van der Waals surface area contributed by atoms with Gasteiger partial charge in [0.25, 0.3) is 11.6 Å². The smallest absolute Gasteiger partial charge is 0.310 e. The lowest BCUT2D eigenvalue weighted by Crippen LogP contribution is -2.22. The number of nitrogens with one attached hydrogen (secondary N) is 1. The lowest BCUT2D eigenvalue weighted by molar-refractivity contribution is -0.384. The van der Waals surface area contributed by atoms with E-state index in [1.54, 1.807) is 13.0 Å². The normalized spacial score (nSPS) is 10.5. The van der Waals surface area contributed by atoms with Crippen molar-refractivity contribution in [3.63, 3.8) is 0 Å². The predicted molar refractivity (Wildman–Crippen MR) is 105 cm³/mol. The minimum absolute atomic E-state index is 0.0461. The molecular formula is C21H18N2O5. The molecule has 28 heavy (non-hydrogen) atoms. The van der Waals surface area contributed by atoms with Crippen molar-refractivity contribution >= 4 is 34.0 Å². The van der Waals surface area contributed by atoms with Crippen molar-refractivity contribution in [3.8, 4) is 0 Å². The Morgan fingerprint density at radius 1 is 1.07 bits per heavy atom. The molecule has 0 radical (unpaired) electrons. The van der Waals surface area contributed by atoms with Crippen LogP contribution >= 0.6 is 0 Å². The summed E-state index contributed by atoms with van der Waals surface area (Å²) in [5.74, 6) is -1.09. The summed E-state index contributed by atoms with van der Waals surface area (Å²) < 4.78 is 5.06. The molecule has 3 aromatic rings. The second-order valence-corrected chi connectivity index (χ2v) is 6.28. The molecular weight excluding hydrogens is 360 g/mol. The molecule has 0 aromatic heterocycles. The highest BCUT2D eigenvalue weighted by molar-refractivity contribution is 5.94. The van der Waals surface area contributed by atoms with E-state index >= 15 is 0 Å². The Morgan fingerprint density at radius 2 is 1.82 bits per heavy atom. The number of non-ortho nitro benzene ring substituents is 1. The standard InChI is InChI=1S/C21H18N2O5/c1-14-9-10-17(23(26)27)12-19(14)22-20(24)13-28-21(25)11-16-7-4-6-15-5-2-3-8-18(15)16/h2-10,12H,11,13H2,1H3,(H,22,24). The van der Waals surface area contributed by atoms with E-state index in [0.717, 1.165) is 16.3 Å². The number of nitrogens with zero attached hydrogens (tertiary/aromatic N) is 1. The highest BCUT2D eigenvalue weighted by atomic mass is 16.6. The fraction of sp³-hybridized carbons (Fsp3) is 0.143.